The van der Waals surface area contributed by atoms with Crippen LogP contribution < -0.4 is 5.73 Å². The van der Waals surface area contributed by atoms with E-state index in [1.54, 1.807) is 0 Å². The van der Waals surface area contributed by atoms with Crippen LogP contribution in [-0.4, -0.2) is 7.05 Å². The lowest BCUT2D eigenvalue weighted by molar-refractivity contribution is 0.550. The molecule has 0 aliphatic carbocycles. The van der Waals surface area contributed by atoms with Crippen LogP contribution in [0.1, 0.15) is 74.1 Å². The Morgan fingerprint density at radius 2 is 1.21 bits per heavy atom. The minimum atomic E-state index is 0.903. The van der Waals surface area contributed by atoms with Crippen molar-refractivity contribution < 1.29 is 0 Å². The Bertz CT molecular complexity index is 42.5. The molecule has 0 saturated carbocycles. The summed E-state index contributed by atoms with van der Waals surface area (Å²) >= 11 is 0. The first-order valence-electron chi connectivity index (χ1n) is 6.26. The SMILES string of the molecule is CC.CCC.CCCCC(C)C.CN. The van der Waals surface area contributed by atoms with Crippen molar-refractivity contribution in [2.24, 2.45) is 11.7 Å². The van der Waals surface area contributed by atoms with Crippen molar-refractivity contribution in [1.29, 1.82) is 0 Å². The summed E-state index contributed by atoms with van der Waals surface area (Å²) in [5.41, 5.74) is 4.50. The van der Waals surface area contributed by atoms with E-state index in [2.05, 4.69) is 40.4 Å². The zero-order valence-electron chi connectivity index (χ0n) is 12.0. The van der Waals surface area contributed by atoms with E-state index < -0.39 is 0 Å². The summed E-state index contributed by atoms with van der Waals surface area (Å²) in [7, 11) is 1.50. The van der Waals surface area contributed by atoms with Gasteiger partial charge in [0.2, 0.25) is 0 Å². The molecule has 92 valence electrons. The van der Waals surface area contributed by atoms with Gasteiger partial charge in [-0.25, -0.2) is 0 Å². The van der Waals surface area contributed by atoms with Crippen LogP contribution in [-0.2, 0) is 0 Å². The molecule has 0 atom stereocenters. The molecule has 0 rings (SSSR count). The number of hydrogen-bond donors (Lipinski definition) is 1. The maximum Gasteiger partial charge on any atom is -0.0195 e. The highest BCUT2D eigenvalue weighted by Gasteiger charge is 1.88. The van der Waals surface area contributed by atoms with Crippen molar-refractivity contribution in [1.82, 2.24) is 0 Å². The van der Waals surface area contributed by atoms with Crippen LogP contribution >= 0.6 is 0 Å². The van der Waals surface area contributed by atoms with Gasteiger partial charge in [-0.3, -0.25) is 0 Å². The van der Waals surface area contributed by atoms with E-state index in [1.807, 2.05) is 13.8 Å². The summed E-state index contributed by atoms with van der Waals surface area (Å²) in [5, 5.41) is 0. The van der Waals surface area contributed by atoms with Crippen LogP contribution in [0.3, 0.4) is 0 Å². The summed E-state index contributed by atoms with van der Waals surface area (Å²) in [5.74, 6) is 0.903. The Balaban J connectivity index is -0.0000000603. The van der Waals surface area contributed by atoms with Gasteiger partial charge >= 0.3 is 0 Å². The van der Waals surface area contributed by atoms with Gasteiger partial charge in [0.15, 0.2) is 0 Å². The van der Waals surface area contributed by atoms with Gasteiger partial charge in [0.05, 0.1) is 0 Å². The van der Waals surface area contributed by atoms with Crippen LogP contribution in [0.2, 0.25) is 0 Å². The molecule has 0 aromatic carbocycles. The number of rotatable bonds is 3. The van der Waals surface area contributed by atoms with Crippen LogP contribution in [0.4, 0.5) is 0 Å². The van der Waals surface area contributed by atoms with E-state index in [4.69, 9.17) is 0 Å². The molecule has 0 amide bonds. The standard InChI is InChI=1S/C7H16.C3H8.C2H6.CH5N/c1-4-5-6-7(2)3;1-3-2;2*1-2/h7H,4-6H2,1-3H3;3H2,1-2H3;1-2H3;2H2,1H3. The topological polar surface area (TPSA) is 26.0 Å². The summed E-state index contributed by atoms with van der Waals surface area (Å²) < 4.78 is 0. The van der Waals surface area contributed by atoms with Crippen molar-refractivity contribution in [3.8, 4) is 0 Å². The van der Waals surface area contributed by atoms with Crippen molar-refractivity contribution in [2.45, 2.75) is 74.1 Å². The van der Waals surface area contributed by atoms with Gasteiger partial charge in [0.25, 0.3) is 0 Å². The normalized spacial score (nSPS) is 7.29. The maximum atomic E-state index is 4.50. The molecule has 0 fully saturated rings. The first-order valence-corrected chi connectivity index (χ1v) is 6.26. The second-order valence-corrected chi connectivity index (χ2v) is 3.24. The molecule has 0 aliphatic rings. The van der Waals surface area contributed by atoms with E-state index in [-0.39, 0.29) is 0 Å². The lowest BCUT2D eigenvalue weighted by Gasteiger charge is -1.98. The average Bonchev–Trinajstić information content (AvgIpc) is 2.22. The van der Waals surface area contributed by atoms with E-state index in [0.717, 1.165) is 5.92 Å². The highest BCUT2D eigenvalue weighted by Crippen LogP contribution is 2.04. The molecule has 0 aliphatic heterocycles. The van der Waals surface area contributed by atoms with Gasteiger partial charge < -0.3 is 5.73 Å². The highest BCUT2D eigenvalue weighted by atomic mass is 14.4. The molecular formula is C13H35N. The Labute approximate surface area is 93.5 Å². The van der Waals surface area contributed by atoms with Crippen LogP contribution in [0.25, 0.3) is 0 Å². The largest absolute Gasteiger partial charge is 0.333 e. The van der Waals surface area contributed by atoms with Gasteiger partial charge in [-0.15, -0.1) is 0 Å². The molecule has 0 aromatic rings. The van der Waals surface area contributed by atoms with E-state index in [9.17, 15) is 0 Å². The quantitative estimate of drug-likeness (QED) is 0.700. The monoisotopic (exact) mass is 205 g/mol. The predicted octanol–water partition coefficient (Wildman–Crippen LogP) is 4.85. The second kappa shape index (κ2) is 38.3. The van der Waals surface area contributed by atoms with Crippen molar-refractivity contribution in [2.75, 3.05) is 7.05 Å². The molecule has 0 aromatic heterocycles. The van der Waals surface area contributed by atoms with Gasteiger partial charge in [-0.05, 0) is 13.0 Å². The molecule has 2 N–H and O–H groups in total. The maximum absolute atomic E-state index is 4.50. The fraction of sp³-hybridized carbons (Fsp3) is 1.00. The fourth-order valence-electron chi connectivity index (χ4n) is 0.612. The molecule has 0 spiro atoms. The average molecular weight is 205 g/mol. The molecular weight excluding hydrogens is 170 g/mol. The molecule has 0 radical (unpaired) electrons. The summed E-state index contributed by atoms with van der Waals surface area (Å²) in [6.07, 6.45) is 5.40. The Morgan fingerprint density at radius 3 is 1.29 bits per heavy atom. The molecule has 1 heteroatoms. The van der Waals surface area contributed by atoms with E-state index in [0.29, 0.717) is 0 Å². The zero-order valence-corrected chi connectivity index (χ0v) is 12.0. The van der Waals surface area contributed by atoms with Gasteiger partial charge in [0, 0.05) is 0 Å². The third kappa shape index (κ3) is 91.6. The van der Waals surface area contributed by atoms with Crippen molar-refractivity contribution >= 4 is 0 Å². The third-order valence-corrected chi connectivity index (χ3v) is 1.14. The smallest absolute Gasteiger partial charge is 0.0195 e. The van der Waals surface area contributed by atoms with Gasteiger partial charge in [0.1, 0.15) is 0 Å². The van der Waals surface area contributed by atoms with E-state index in [1.165, 1.54) is 32.7 Å². The van der Waals surface area contributed by atoms with Gasteiger partial charge in [-0.1, -0.05) is 74.1 Å². The van der Waals surface area contributed by atoms with Crippen LogP contribution in [0.15, 0.2) is 0 Å². The van der Waals surface area contributed by atoms with Crippen LogP contribution in [0.5, 0.6) is 0 Å². The molecule has 1 nitrogen and oxygen atoms in total. The number of hydrogen-bond acceptors (Lipinski definition) is 1. The Kier molecular flexibility index (Phi) is 64.6. The lowest BCUT2D eigenvalue weighted by atomic mass is 10.1. The Morgan fingerprint density at radius 1 is 0.929 bits per heavy atom. The zero-order chi connectivity index (χ0) is 12.4. The predicted molar refractivity (Wildman–Crippen MR) is 71.8 cm³/mol. The van der Waals surface area contributed by atoms with E-state index >= 15 is 0 Å². The van der Waals surface area contributed by atoms with Gasteiger partial charge in [-0.2, -0.15) is 0 Å². The summed E-state index contributed by atoms with van der Waals surface area (Å²) in [6.45, 7) is 15.0. The van der Waals surface area contributed by atoms with Crippen molar-refractivity contribution in [3.63, 3.8) is 0 Å². The summed E-state index contributed by atoms with van der Waals surface area (Å²) in [6, 6.07) is 0. The first-order chi connectivity index (χ1) is 6.68. The number of unbranched alkanes of at least 4 members (excludes halogenated alkanes) is 1. The molecule has 14 heavy (non-hydrogen) atoms. The minimum Gasteiger partial charge on any atom is -0.333 e. The Hall–Kier alpha value is -0.0400. The molecule has 0 heterocycles. The minimum absolute atomic E-state index is 0.903. The summed E-state index contributed by atoms with van der Waals surface area (Å²) in [4.78, 5) is 0. The van der Waals surface area contributed by atoms with Crippen molar-refractivity contribution in [3.05, 3.63) is 0 Å². The van der Waals surface area contributed by atoms with Crippen LogP contribution in [0, 0.1) is 5.92 Å². The molecule has 0 bridgehead atoms. The fourth-order valence-corrected chi connectivity index (χ4v) is 0.612. The third-order valence-electron chi connectivity index (χ3n) is 1.14. The molecule has 0 saturated heterocycles. The second-order valence-electron chi connectivity index (χ2n) is 3.24. The highest BCUT2D eigenvalue weighted by molar-refractivity contribution is 4.42. The lowest BCUT2D eigenvalue weighted by Crippen LogP contribution is -1.83. The number of nitrogens with two attached hydrogens (primary N) is 1. The first kappa shape index (κ1) is 23.6. The molecule has 0 unspecified atom stereocenters.